The average Bonchev–Trinajstić information content (AvgIpc) is 2.52. The highest BCUT2D eigenvalue weighted by molar-refractivity contribution is 7.88. The summed E-state index contributed by atoms with van der Waals surface area (Å²) in [7, 11) is -1.80. The first-order valence-corrected chi connectivity index (χ1v) is 9.53. The van der Waals surface area contributed by atoms with E-state index < -0.39 is 10.0 Å². The number of nitrogens with one attached hydrogen (secondary N) is 1. The van der Waals surface area contributed by atoms with Gasteiger partial charge in [0, 0.05) is 6.04 Å². The molecule has 1 fully saturated rings. The Morgan fingerprint density at radius 3 is 2.48 bits per heavy atom. The maximum Gasteiger partial charge on any atom is 0.338 e. The summed E-state index contributed by atoms with van der Waals surface area (Å²) in [6.07, 6.45) is 4.38. The standard InChI is InChI=1S/C16H23NO5S/c1-21-16(18)15-6-4-3-5-12(15)11-22-14-9-7-13(8-10-14)17-23(2,19)20/h3-6,13-14,17H,7-11H2,1-2H3. The molecule has 1 aromatic rings. The van der Waals surface area contributed by atoms with E-state index >= 15 is 0 Å². The maximum absolute atomic E-state index is 11.7. The second kappa shape index (κ2) is 7.90. The normalized spacial score (nSPS) is 21.8. The summed E-state index contributed by atoms with van der Waals surface area (Å²) >= 11 is 0. The zero-order valence-electron chi connectivity index (χ0n) is 13.4. The summed E-state index contributed by atoms with van der Waals surface area (Å²) in [6, 6.07) is 7.21. The smallest absolute Gasteiger partial charge is 0.338 e. The highest BCUT2D eigenvalue weighted by atomic mass is 32.2. The number of carbonyl (C=O) groups is 1. The van der Waals surface area contributed by atoms with Crippen molar-refractivity contribution in [3.8, 4) is 0 Å². The topological polar surface area (TPSA) is 81.7 Å². The molecular weight excluding hydrogens is 318 g/mol. The van der Waals surface area contributed by atoms with Crippen LogP contribution in [0.4, 0.5) is 0 Å². The van der Waals surface area contributed by atoms with Gasteiger partial charge in [-0.25, -0.2) is 17.9 Å². The molecule has 0 heterocycles. The van der Waals surface area contributed by atoms with Gasteiger partial charge in [0.15, 0.2) is 0 Å². The van der Waals surface area contributed by atoms with Gasteiger partial charge in [0.05, 0.1) is 31.6 Å². The fraction of sp³-hybridized carbons (Fsp3) is 0.562. The van der Waals surface area contributed by atoms with Crippen LogP contribution in [0.25, 0.3) is 0 Å². The summed E-state index contributed by atoms with van der Waals surface area (Å²) in [5.41, 5.74) is 1.32. The predicted octanol–water partition coefficient (Wildman–Crippen LogP) is 1.85. The van der Waals surface area contributed by atoms with Crippen molar-refractivity contribution >= 4 is 16.0 Å². The molecule has 0 spiro atoms. The second-order valence-electron chi connectivity index (χ2n) is 5.82. The predicted molar refractivity (Wildman–Crippen MR) is 86.6 cm³/mol. The van der Waals surface area contributed by atoms with Crippen molar-refractivity contribution < 1.29 is 22.7 Å². The molecule has 1 N–H and O–H groups in total. The van der Waals surface area contributed by atoms with Crippen LogP contribution in [0.5, 0.6) is 0 Å². The van der Waals surface area contributed by atoms with Crippen molar-refractivity contribution in [2.45, 2.75) is 44.4 Å². The van der Waals surface area contributed by atoms with Crippen LogP contribution in [0, 0.1) is 0 Å². The van der Waals surface area contributed by atoms with Crippen molar-refractivity contribution in [1.29, 1.82) is 0 Å². The van der Waals surface area contributed by atoms with E-state index in [1.807, 2.05) is 12.1 Å². The van der Waals surface area contributed by atoms with Crippen molar-refractivity contribution in [2.24, 2.45) is 0 Å². The Morgan fingerprint density at radius 1 is 1.22 bits per heavy atom. The van der Waals surface area contributed by atoms with Crippen LogP contribution in [-0.4, -0.2) is 39.9 Å². The molecule has 128 valence electrons. The first-order chi connectivity index (χ1) is 10.9. The molecule has 0 aromatic heterocycles. The number of hydrogen-bond acceptors (Lipinski definition) is 5. The Kier molecular flexibility index (Phi) is 6.15. The van der Waals surface area contributed by atoms with E-state index in [-0.39, 0.29) is 18.1 Å². The van der Waals surface area contributed by atoms with Crippen LogP contribution in [0.2, 0.25) is 0 Å². The molecule has 2 rings (SSSR count). The number of esters is 1. The minimum absolute atomic E-state index is 0.00722. The number of rotatable bonds is 6. The lowest BCUT2D eigenvalue weighted by molar-refractivity contribution is 0.0120. The van der Waals surface area contributed by atoms with Gasteiger partial charge in [0.1, 0.15) is 0 Å². The van der Waals surface area contributed by atoms with Crippen LogP contribution >= 0.6 is 0 Å². The minimum Gasteiger partial charge on any atom is -0.465 e. The third-order valence-electron chi connectivity index (χ3n) is 3.95. The number of hydrogen-bond donors (Lipinski definition) is 1. The molecule has 0 bridgehead atoms. The van der Waals surface area contributed by atoms with E-state index in [2.05, 4.69) is 4.72 Å². The molecule has 1 aliphatic carbocycles. The SMILES string of the molecule is COC(=O)c1ccccc1COC1CCC(NS(C)(=O)=O)CC1. The van der Waals surface area contributed by atoms with E-state index in [0.29, 0.717) is 12.2 Å². The molecule has 0 atom stereocenters. The highest BCUT2D eigenvalue weighted by Gasteiger charge is 2.24. The molecule has 1 aliphatic rings. The van der Waals surface area contributed by atoms with Gasteiger partial charge in [-0.1, -0.05) is 18.2 Å². The van der Waals surface area contributed by atoms with Crippen LogP contribution in [0.1, 0.15) is 41.6 Å². The van der Waals surface area contributed by atoms with E-state index in [0.717, 1.165) is 31.2 Å². The Bertz CT molecular complexity index is 636. The van der Waals surface area contributed by atoms with Gasteiger partial charge in [-0.3, -0.25) is 0 Å². The molecule has 0 radical (unpaired) electrons. The molecule has 0 amide bonds. The summed E-state index contributed by atoms with van der Waals surface area (Å²) < 4.78 is 35.8. The van der Waals surface area contributed by atoms with Gasteiger partial charge in [-0.2, -0.15) is 0 Å². The Hall–Kier alpha value is -1.44. The lowest BCUT2D eigenvalue weighted by Gasteiger charge is -2.28. The van der Waals surface area contributed by atoms with Crippen molar-refractivity contribution in [2.75, 3.05) is 13.4 Å². The van der Waals surface area contributed by atoms with Gasteiger partial charge in [0.2, 0.25) is 10.0 Å². The fourth-order valence-corrected chi connectivity index (χ4v) is 3.65. The molecule has 6 nitrogen and oxygen atoms in total. The third kappa shape index (κ3) is 5.60. The van der Waals surface area contributed by atoms with Gasteiger partial charge < -0.3 is 9.47 Å². The van der Waals surface area contributed by atoms with Crippen molar-refractivity contribution in [1.82, 2.24) is 4.72 Å². The van der Waals surface area contributed by atoms with E-state index in [1.165, 1.54) is 13.4 Å². The average molecular weight is 341 g/mol. The number of sulfonamides is 1. The second-order valence-corrected chi connectivity index (χ2v) is 7.60. The largest absolute Gasteiger partial charge is 0.465 e. The third-order valence-corrected chi connectivity index (χ3v) is 4.71. The Balaban J connectivity index is 1.85. The van der Waals surface area contributed by atoms with Crippen LogP contribution in [0.3, 0.4) is 0 Å². The fourth-order valence-electron chi connectivity index (χ4n) is 2.81. The Morgan fingerprint density at radius 2 is 1.87 bits per heavy atom. The molecule has 7 heteroatoms. The quantitative estimate of drug-likeness (QED) is 0.799. The molecule has 1 saturated carbocycles. The maximum atomic E-state index is 11.7. The Labute approximate surface area is 137 Å². The molecular formula is C16H23NO5S. The first-order valence-electron chi connectivity index (χ1n) is 7.64. The summed E-state index contributed by atoms with van der Waals surface area (Å²) in [4.78, 5) is 11.7. The van der Waals surface area contributed by atoms with Gasteiger partial charge in [0.25, 0.3) is 0 Å². The molecule has 0 saturated heterocycles. The van der Waals surface area contributed by atoms with E-state index in [1.54, 1.807) is 12.1 Å². The number of ether oxygens (including phenoxy) is 2. The van der Waals surface area contributed by atoms with E-state index in [9.17, 15) is 13.2 Å². The molecule has 1 aromatic carbocycles. The van der Waals surface area contributed by atoms with Crippen LogP contribution in [-0.2, 0) is 26.1 Å². The monoisotopic (exact) mass is 341 g/mol. The molecule has 23 heavy (non-hydrogen) atoms. The first kappa shape index (κ1) is 17.9. The number of methoxy groups -OCH3 is 1. The van der Waals surface area contributed by atoms with Gasteiger partial charge in [-0.15, -0.1) is 0 Å². The zero-order valence-corrected chi connectivity index (χ0v) is 14.3. The van der Waals surface area contributed by atoms with Crippen molar-refractivity contribution in [3.05, 3.63) is 35.4 Å². The van der Waals surface area contributed by atoms with Gasteiger partial charge in [-0.05, 0) is 37.3 Å². The lowest BCUT2D eigenvalue weighted by atomic mass is 9.93. The van der Waals surface area contributed by atoms with Gasteiger partial charge >= 0.3 is 5.97 Å². The lowest BCUT2D eigenvalue weighted by Crippen LogP contribution is -2.38. The summed E-state index contributed by atoms with van der Waals surface area (Å²) in [5.74, 6) is -0.370. The van der Waals surface area contributed by atoms with Crippen LogP contribution in [0.15, 0.2) is 24.3 Å². The number of benzene rings is 1. The van der Waals surface area contributed by atoms with Crippen LogP contribution < -0.4 is 4.72 Å². The summed E-state index contributed by atoms with van der Waals surface area (Å²) in [6.45, 7) is 0.347. The highest BCUT2D eigenvalue weighted by Crippen LogP contribution is 2.23. The summed E-state index contributed by atoms with van der Waals surface area (Å²) in [5, 5.41) is 0. The molecule has 0 aliphatic heterocycles. The minimum atomic E-state index is -3.16. The van der Waals surface area contributed by atoms with E-state index in [4.69, 9.17) is 9.47 Å². The number of carbonyl (C=O) groups excluding carboxylic acids is 1. The zero-order chi connectivity index (χ0) is 16.9. The molecule has 0 unspecified atom stereocenters. The van der Waals surface area contributed by atoms with Crippen molar-refractivity contribution in [3.63, 3.8) is 0 Å².